The van der Waals surface area contributed by atoms with E-state index in [1.807, 2.05) is 0 Å². The van der Waals surface area contributed by atoms with E-state index in [1.165, 1.54) is 33.1 Å². The van der Waals surface area contributed by atoms with E-state index in [4.69, 9.17) is 4.74 Å². The predicted molar refractivity (Wildman–Crippen MR) is 95.9 cm³/mol. The highest BCUT2D eigenvalue weighted by molar-refractivity contribution is 7.89. The number of aliphatic carboxylic acids is 1. The molecule has 3 rings (SSSR count). The first-order valence-corrected chi connectivity index (χ1v) is 10.4. The molecule has 2 atom stereocenters. The lowest BCUT2D eigenvalue weighted by molar-refractivity contribution is -0.141. The zero-order chi connectivity index (χ0) is 19.8. The second-order valence-corrected chi connectivity index (χ2v) is 8.98. The highest BCUT2D eigenvalue weighted by atomic mass is 32.2. The number of sulfonamides is 1. The third-order valence-corrected chi connectivity index (χ3v) is 7.16. The summed E-state index contributed by atoms with van der Waals surface area (Å²) in [5, 5.41) is 9.41. The number of amides is 1. The summed E-state index contributed by atoms with van der Waals surface area (Å²) in [6.45, 7) is 1.11. The fourth-order valence-electron chi connectivity index (χ4n) is 3.72. The summed E-state index contributed by atoms with van der Waals surface area (Å²) in [6, 6.07) is 0.352. The zero-order valence-electron chi connectivity index (χ0n) is 15.5. The molecular weight excluding hydrogens is 374 g/mol. The van der Waals surface area contributed by atoms with Gasteiger partial charge in [-0.2, -0.15) is 4.31 Å². The SMILES string of the molecule is COC1CC(C(=O)O)N(C(=O)c2cc(S(=O)(=O)N3CCCCC3)cn2C)C1. The van der Waals surface area contributed by atoms with Crippen molar-refractivity contribution in [2.75, 3.05) is 26.7 Å². The number of aromatic nitrogens is 1. The van der Waals surface area contributed by atoms with Crippen molar-refractivity contribution in [3.8, 4) is 0 Å². The standard InChI is InChI=1S/C17H25N3O6S/c1-18-11-13(27(24,25)19-6-4-3-5-7-19)9-14(18)16(21)20-10-12(26-2)8-15(20)17(22)23/h9,11-12,15H,3-8,10H2,1-2H3,(H,22,23). The molecule has 3 heterocycles. The van der Waals surface area contributed by atoms with Crippen LogP contribution in [-0.4, -0.2) is 78.1 Å². The van der Waals surface area contributed by atoms with Gasteiger partial charge >= 0.3 is 5.97 Å². The lowest BCUT2D eigenvalue weighted by Gasteiger charge is -2.25. The molecule has 1 aromatic rings. The number of aryl methyl sites for hydroxylation is 1. The molecule has 2 aliphatic rings. The van der Waals surface area contributed by atoms with Crippen LogP contribution < -0.4 is 0 Å². The second-order valence-electron chi connectivity index (χ2n) is 7.04. The monoisotopic (exact) mass is 399 g/mol. The normalized spacial score (nSPS) is 24.3. The first kappa shape index (κ1) is 19.8. The number of rotatable bonds is 5. The van der Waals surface area contributed by atoms with Crippen LogP contribution >= 0.6 is 0 Å². The highest BCUT2D eigenvalue weighted by Gasteiger charge is 2.41. The number of piperidine rings is 1. The van der Waals surface area contributed by atoms with E-state index in [0.717, 1.165) is 19.3 Å². The van der Waals surface area contributed by atoms with E-state index >= 15 is 0 Å². The minimum atomic E-state index is -3.67. The van der Waals surface area contributed by atoms with Gasteiger partial charge in [-0.3, -0.25) is 4.79 Å². The second kappa shape index (κ2) is 7.61. The lowest BCUT2D eigenvalue weighted by atomic mass is 10.2. The van der Waals surface area contributed by atoms with Gasteiger partial charge < -0.3 is 19.3 Å². The summed E-state index contributed by atoms with van der Waals surface area (Å²) >= 11 is 0. The summed E-state index contributed by atoms with van der Waals surface area (Å²) in [5.41, 5.74) is 0.147. The molecule has 1 N–H and O–H groups in total. The maximum Gasteiger partial charge on any atom is 0.326 e. The summed E-state index contributed by atoms with van der Waals surface area (Å²) in [7, 11) is -0.604. The van der Waals surface area contributed by atoms with E-state index < -0.39 is 27.9 Å². The fourth-order valence-corrected chi connectivity index (χ4v) is 5.31. The van der Waals surface area contributed by atoms with Crippen molar-refractivity contribution >= 4 is 21.9 Å². The number of ether oxygens (including phenoxy) is 1. The molecule has 0 aromatic carbocycles. The molecule has 150 valence electrons. The number of carboxylic acid groups (broad SMARTS) is 1. The van der Waals surface area contributed by atoms with E-state index in [9.17, 15) is 23.1 Å². The van der Waals surface area contributed by atoms with Crippen molar-refractivity contribution in [2.24, 2.45) is 7.05 Å². The minimum absolute atomic E-state index is 0.0598. The molecule has 0 spiro atoms. The van der Waals surface area contributed by atoms with E-state index in [0.29, 0.717) is 13.1 Å². The molecular formula is C17H25N3O6S. The molecule has 27 heavy (non-hydrogen) atoms. The van der Waals surface area contributed by atoms with E-state index in [2.05, 4.69) is 0 Å². The molecule has 0 saturated carbocycles. The first-order valence-electron chi connectivity index (χ1n) is 8.98. The van der Waals surface area contributed by atoms with Crippen molar-refractivity contribution in [3.63, 3.8) is 0 Å². The van der Waals surface area contributed by atoms with Gasteiger partial charge in [0.25, 0.3) is 5.91 Å². The average molecular weight is 399 g/mol. The van der Waals surface area contributed by atoms with Gasteiger partial charge in [-0.1, -0.05) is 6.42 Å². The average Bonchev–Trinajstić information content (AvgIpc) is 3.26. The molecule has 0 bridgehead atoms. The maximum absolute atomic E-state index is 12.9. The van der Waals surface area contributed by atoms with E-state index in [-0.39, 0.29) is 29.7 Å². The number of hydrogen-bond acceptors (Lipinski definition) is 5. The molecule has 0 radical (unpaired) electrons. The van der Waals surface area contributed by atoms with Gasteiger partial charge in [0.1, 0.15) is 16.6 Å². The minimum Gasteiger partial charge on any atom is -0.480 e. The third-order valence-electron chi connectivity index (χ3n) is 5.29. The number of likely N-dealkylation sites (tertiary alicyclic amines) is 1. The third kappa shape index (κ3) is 3.74. The Hall–Kier alpha value is -1.91. The van der Waals surface area contributed by atoms with Gasteiger partial charge in [-0.25, -0.2) is 13.2 Å². The van der Waals surface area contributed by atoms with Crippen molar-refractivity contribution < 1.29 is 27.9 Å². The maximum atomic E-state index is 12.9. The molecule has 2 unspecified atom stereocenters. The molecule has 0 aliphatic carbocycles. The Labute approximate surface area is 158 Å². The Morgan fingerprint density at radius 1 is 1.22 bits per heavy atom. The number of carbonyl (C=O) groups excluding carboxylic acids is 1. The number of carbonyl (C=O) groups is 2. The van der Waals surface area contributed by atoms with Crippen LogP contribution in [0.25, 0.3) is 0 Å². The number of methoxy groups -OCH3 is 1. The summed E-state index contributed by atoms with van der Waals surface area (Å²) in [4.78, 5) is 25.7. The first-order chi connectivity index (χ1) is 12.8. The molecule has 2 fully saturated rings. The Morgan fingerprint density at radius 3 is 2.48 bits per heavy atom. The van der Waals surface area contributed by atoms with Crippen LogP contribution in [0.15, 0.2) is 17.2 Å². The number of hydrogen-bond donors (Lipinski definition) is 1. The van der Waals surface area contributed by atoms with Gasteiger partial charge in [0.15, 0.2) is 0 Å². The lowest BCUT2D eigenvalue weighted by Crippen LogP contribution is -2.41. The van der Waals surface area contributed by atoms with Crippen molar-refractivity contribution in [1.29, 1.82) is 0 Å². The Morgan fingerprint density at radius 2 is 1.89 bits per heavy atom. The van der Waals surface area contributed by atoms with Gasteiger partial charge in [0.05, 0.1) is 6.10 Å². The Balaban J connectivity index is 1.87. The smallest absolute Gasteiger partial charge is 0.326 e. The molecule has 1 aromatic heterocycles. The molecule has 9 nitrogen and oxygen atoms in total. The van der Waals surface area contributed by atoms with Crippen LogP contribution in [0.4, 0.5) is 0 Å². The molecule has 2 aliphatic heterocycles. The van der Waals surface area contributed by atoms with Crippen LogP contribution in [0.1, 0.15) is 36.2 Å². The molecule has 2 saturated heterocycles. The molecule has 10 heteroatoms. The Bertz CT molecular complexity index is 828. The van der Waals surface area contributed by atoms with Gasteiger partial charge in [-0.05, 0) is 18.9 Å². The summed E-state index contributed by atoms with van der Waals surface area (Å²) in [5.74, 6) is -1.61. The van der Waals surface area contributed by atoms with Crippen molar-refractivity contribution in [2.45, 2.75) is 42.7 Å². The fraction of sp³-hybridized carbons (Fsp3) is 0.647. The predicted octanol–water partition coefficient (Wildman–Crippen LogP) is 0.514. The van der Waals surface area contributed by atoms with Crippen LogP contribution in [0.3, 0.4) is 0 Å². The van der Waals surface area contributed by atoms with Crippen LogP contribution in [0, 0.1) is 0 Å². The van der Waals surface area contributed by atoms with Gasteiger partial charge in [-0.15, -0.1) is 0 Å². The van der Waals surface area contributed by atoms with Crippen LogP contribution in [-0.2, 0) is 26.6 Å². The van der Waals surface area contributed by atoms with Gasteiger partial charge in [0, 0.05) is 46.4 Å². The van der Waals surface area contributed by atoms with Crippen LogP contribution in [0.2, 0.25) is 0 Å². The quantitative estimate of drug-likeness (QED) is 0.773. The summed E-state index contributed by atoms with van der Waals surface area (Å²) < 4.78 is 33.8. The van der Waals surface area contributed by atoms with Crippen molar-refractivity contribution in [1.82, 2.24) is 13.8 Å². The topological polar surface area (TPSA) is 109 Å². The van der Waals surface area contributed by atoms with E-state index in [1.54, 1.807) is 7.05 Å². The zero-order valence-corrected chi connectivity index (χ0v) is 16.3. The highest BCUT2D eigenvalue weighted by Crippen LogP contribution is 2.26. The number of carboxylic acids is 1. The molecule has 1 amide bonds. The van der Waals surface area contributed by atoms with Crippen LogP contribution in [0.5, 0.6) is 0 Å². The largest absolute Gasteiger partial charge is 0.480 e. The number of nitrogens with zero attached hydrogens (tertiary/aromatic N) is 3. The van der Waals surface area contributed by atoms with Gasteiger partial charge in [0.2, 0.25) is 10.0 Å². The summed E-state index contributed by atoms with van der Waals surface area (Å²) in [6.07, 6.45) is 3.93. The Kier molecular flexibility index (Phi) is 5.59. The van der Waals surface area contributed by atoms with Crippen molar-refractivity contribution in [3.05, 3.63) is 18.0 Å².